The lowest BCUT2D eigenvalue weighted by atomic mass is 9.58. The maximum Gasteiger partial charge on any atom is 0.0447 e. The molecule has 1 nitrogen and oxygen atoms in total. The topological polar surface area (TPSA) is 12.0 Å². The molecule has 2 aromatic rings. The van der Waals surface area contributed by atoms with Crippen LogP contribution in [0, 0.1) is 12.8 Å². The van der Waals surface area contributed by atoms with Crippen molar-refractivity contribution in [3.8, 4) is 0 Å². The van der Waals surface area contributed by atoms with E-state index in [0.717, 1.165) is 11.6 Å². The van der Waals surface area contributed by atoms with Crippen LogP contribution in [0.5, 0.6) is 0 Å². The van der Waals surface area contributed by atoms with E-state index in [2.05, 4.69) is 55.7 Å². The van der Waals surface area contributed by atoms with Crippen molar-refractivity contribution < 1.29 is 0 Å². The standard InChI is InChI=1S/C19H20ClN/c1-11-5-3-6-13-15-9-12(10-21-2)18(17(11)13)19-14(15)7-4-8-16(19)20/h3-8,12,15,18,21H,9-10H2,1-2H3. The van der Waals surface area contributed by atoms with E-state index in [1.165, 1.54) is 34.2 Å². The van der Waals surface area contributed by atoms with Crippen molar-refractivity contribution in [2.75, 3.05) is 13.6 Å². The summed E-state index contributed by atoms with van der Waals surface area (Å²) >= 11 is 6.60. The molecule has 0 amide bonds. The third-order valence-electron chi connectivity index (χ3n) is 5.29. The lowest BCUT2D eigenvalue weighted by Crippen LogP contribution is -2.37. The van der Waals surface area contributed by atoms with Crippen LogP contribution < -0.4 is 5.32 Å². The number of aryl methyl sites for hydroxylation is 1. The van der Waals surface area contributed by atoms with Gasteiger partial charge in [0.05, 0.1) is 0 Å². The monoisotopic (exact) mass is 297 g/mol. The molecule has 0 saturated carbocycles. The number of halogens is 1. The average molecular weight is 298 g/mol. The number of rotatable bonds is 2. The Morgan fingerprint density at radius 1 is 1.10 bits per heavy atom. The molecule has 0 radical (unpaired) electrons. The largest absolute Gasteiger partial charge is 0.319 e. The fourth-order valence-electron chi connectivity index (χ4n) is 4.56. The van der Waals surface area contributed by atoms with E-state index in [4.69, 9.17) is 11.6 Å². The van der Waals surface area contributed by atoms with Crippen LogP contribution in [-0.2, 0) is 0 Å². The minimum Gasteiger partial charge on any atom is -0.319 e. The summed E-state index contributed by atoms with van der Waals surface area (Å²) in [6.45, 7) is 3.30. The van der Waals surface area contributed by atoms with Gasteiger partial charge in [-0.15, -0.1) is 0 Å². The molecule has 0 saturated heterocycles. The second-order valence-corrected chi connectivity index (χ2v) is 6.81. The summed E-state index contributed by atoms with van der Waals surface area (Å²) in [5.74, 6) is 1.60. The van der Waals surface area contributed by atoms with Gasteiger partial charge in [-0.2, -0.15) is 0 Å². The minimum absolute atomic E-state index is 0.447. The first-order chi connectivity index (χ1) is 10.2. The molecule has 3 unspecified atom stereocenters. The number of hydrogen-bond donors (Lipinski definition) is 1. The Morgan fingerprint density at radius 2 is 1.81 bits per heavy atom. The van der Waals surface area contributed by atoms with Gasteiger partial charge in [0.15, 0.2) is 0 Å². The van der Waals surface area contributed by atoms with Crippen LogP contribution in [0.1, 0.15) is 46.1 Å². The average Bonchev–Trinajstić information content (AvgIpc) is 2.48. The third-order valence-corrected chi connectivity index (χ3v) is 5.62. The molecule has 2 heteroatoms. The Hall–Kier alpha value is -1.31. The molecule has 5 rings (SSSR count). The van der Waals surface area contributed by atoms with Gasteiger partial charge in [-0.05, 0) is 66.7 Å². The Kier molecular flexibility index (Phi) is 3.09. The van der Waals surface area contributed by atoms with Crippen LogP contribution in [0.2, 0.25) is 5.02 Å². The molecule has 2 bridgehead atoms. The van der Waals surface area contributed by atoms with Crippen molar-refractivity contribution in [2.45, 2.75) is 25.2 Å². The van der Waals surface area contributed by atoms with Gasteiger partial charge in [0.2, 0.25) is 0 Å². The Balaban J connectivity index is 1.99. The molecule has 3 aliphatic rings. The first-order valence-corrected chi connectivity index (χ1v) is 8.12. The predicted octanol–water partition coefficient (Wildman–Crippen LogP) is 4.46. The van der Waals surface area contributed by atoms with Crippen molar-refractivity contribution in [1.82, 2.24) is 5.32 Å². The first-order valence-electron chi connectivity index (χ1n) is 7.74. The third kappa shape index (κ3) is 1.81. The number of benzene rings is 2. The molecule has 0 fully saturated rings. The summed E-state index contributed by atoms with van der Waals surface area (Å²) < 4.78 is 0. The molecule has 21 heavy (non-hydrogen) atoms. The maximum absolute atomic E-state index is 6.60. The molecule has 2 aromatic carbocycles. The lowest BCUT2D eigenvalue weighted by Gasteiger charge is -2.46. The molecule has 0 aromatic heterocycles. The Morgan fingerprint density at radius 3 is 2.57 bits per heavy atom. The molecular formula is C19H20ClN. The first kappa shape index (κ1) is 13.4. The van der Waals surface area contributed by atoms with Crippen LogP contribution in [0.25, 0.3) is 0 Å². The van der Waals surface area contributed by atoms with E-state index >= 15 is 0 Å². The molecule has 1 N–H and O–H groups in total. The highest BCUT2D eigenvalue weighted by Gasteiger charge is 2.44. The highest BCUT2D eigenvalue weighted by molar-refractivity contribution is 6.31. The maximum atomic E-state index is 6.60. The summed E-state index contributed by atoms with van der Waals surface area (Å²) in [7, 11) is 2.05. The minimum atomic E-state index is 0.447. The van der Waals surface area contributed by atoms with Gasteiger partial charge in [0.1, 0.15) is 0 Å². The van der Waals surface area contributed by atoms with Crippen molar-refractivity contribution >= 4 is 11.6 Å². The zero-order valence-corrected chi connectivity index (χ0v) is 13.2. The highest BCUT2D eigenvalue weighted by atomic mass is 35.5. The Labute approximate surface area is 131 Å². The summed E-state index contributed by atoms with van der Waals surface area (Å²) in [6.07, 6.45) is 1.23. The Bertz CT molecular complexity index is 653. The summed E-state index contributed by atoms with van der Waals surface area (Å²) in [5, 5.41) is 4.32. The molecule has 108 valence electrons. The van der Waals surface area contributed by atoms with E-state index in [-0.39, 0.29) is 0 Å². The van der Waals surface area contributed by atoms with Crippen molar-refractivity contribution in [3.05, 3.63) is 69.2 Å². The predicted molar refractivity (Wildman–Crippen MR) is 88.4 cm³/mol. The van der Waals surface area contributed by atoms with E-state index in [9.17, 15) is 0 Å². The molecule has 0 spiro atoms. The van der Waals surface area contributed by atoms with Crippen LogP contribution in [0.4, 0.5) is 0 Å². The number of hydrogen-bond acceptors (Lipinski definition) is 1. The quantitative estimate of drug-likeness (QED) is 0.862. The van der Waals surface area contributed by atoms with E-state index in [1.807, 2.05) is 0 Å². The van der Waals surface area contributed by atoms with Gasteiger partial charge >= 0.3 is 0 Å². The number of fused-ring (bicyclic) bond motifs is 1. The molecular weight excluding hydrogens is 278 g/mol. The second-order valence-electron chi connectivity index (χ2n) is 6.40. The molecule has 3 aliphatic carbocycles. The van der Waals surface area contributed by atoms with Crippen molar-refractivity contribution in [1.29, 1.82) is 0 Å². The van der Waals surface area contributed by atoms with Gasteiger partial charge in [-0.3, -0.25) is 0 Å². The zero-order valence-electron chi connectivity index (χ0n) is 12.5. The van der Waals surface area contributed by atoms with E-state index < -0.39 is 0 Å². The van der Waals surface area contributed by atoms with Gasteiger partial charge in [-0.1, -0.05) is 41.9 Å². The smallest absolute Gasteiger partial charge is 0.0447 e. The molecule has 0 aliphatic heterocycles. The van der Waals surface area contributed by atoms with E-state index in [1.54, 1.807) is 0 Å². The van der Waals surface area contributed by atoms with Crippen molar-refractivity contribution in [3.63, 3.8) is 0 Å². The summed E-state index contributed by atoms with van der Waals surface area (Å²) in [4.78, 5) is 0. The zero-order chi connectivity index (χ0) is 14.6. The number of nitrogens with one attached hydrogen (secondary N) is 1. The van der Waals surface area contributed by atoms with Crippen molar-refractivity contribution in [2.24, 2.45) is 5.92 Å². The molecule has 3 atom stereocenters. The summed E-state index contributed by atoms with van der Waals surface area (Å²) in [6, 6.07) is 13.2. The second kappa shape index (κ2) is 4.86. The van der Waals surface area contributed by atoms with Gasteiger partial charge in [0.25, 0.3) is 0 Å². The fourth-order valence-corrected chi connectivity index (χ4v) is 4.86. The van der Waals surface area contributed by atoms with Crippen LogP contribution in [0.3, 0.4) is 0 Å². The highest BCUT2D eigenvalue weighted by Crippen LogP contribution is 2.57. The van der Waals surface area contributed by atoms with Crippen LogP contribution in [-0.4, -0.2) is 13.6 Å². The lowest BCUT2D eigenvalue weighted by molar-refractivity contribution is 0.346. The van der Waals surface area contributed by atoms with Crippen LogP contribution in [0.15, 0.2) is 36.4 Å². The summed E-state index contributed by atoms with van der Waals surface area (Å²) in [5.41, 5.74) is 7.32. The molecule has 0 heterocycles. The van der Waals surface area contributed by atoms with Crippen LogP contribution >= 0.6 is 11.6 Å². The van der Waals surface area contributed by atoms with E-state index in [0.29, 0.717) is 17.8 Å². The normalized spacial score (nSPS) is 25.6. The SMILES string of the molecule is CNCC1CC2c3cccc(C)c3C1c1c(Cl)cccc12. The van der Waals surface area contributed by atoms with Gasteiger partial charge in [0, 0.05) is 16.9 Å². The van der Waals surface area contributed by atoms with Gasteiger partial charge < -0.3 is 5.32 Å². The van der Waals surface area contributed by atoms with Gasteiger partial charge in [-0.25, -0.2) is 0 Å². The fraction of sp³-hybridized carbons (Fsp3) is 0.368.